The third-order valence-corrected chi connectivity index (χ3v) is 7.18. The van der Waals surface area contributed by atoms with Crippen LogP contribution in [0.15, 0.2) is 34.1 Å². The topological polar surface area (TPSA) is 117 Å². The molecular formula is C26H26N4O5. The quantitative estimate of drug-likeness (QED) is 0.437. The van der Waals surface area contributed by atoms with Crippen molar-refractivity contribution in [1.29, 1.82) is 0 Å². The normalized spacial score (nSPS) is 20.0. The van der Waals surface area contributed by atoms with Gasteiger partial charge in [-0.1, -0.05) is 26.8 Å². The number of ether oxygens (including phenoxy) is 1. The second-order valence-electron chi connectivity index (χ2n) is 9.75. The molecule has 5 heterocycles. The van der Waals surface area contributed by atoms with Crippen molar-refractivity contribution < 1.29 is 19.7 Å². The number of esters is 1. The number of aliphatic hydroxyl groups excluding tert-OH is 1. The molecule has 0 saturated heterocycles. The van der Waals surface area contributed by atoms with Gasteiger partial charge in [0.1, 0.15) is 19.0 Å². The number of aliphatic hydroxyl groups is 2. The van der Waals surface area contributed by atoms with E-state index in [1.54, 1.807) is 17.6 Å². The van der Waals surface area contributed by atoms with E-state index in [9.17, 15) is 19.8 Å². The Bertz CT molecular complexity index is 1520. The average Bonchev–Trinajstić information content (AvgIpc) is 3.21. The first-order valence-corrected chi connectivity index (χ1v) is 11.9. The molecule has 2 N–H and O–H groups in total. The van der Waals surface area contributed by atoms with Crippen LogP contribution in [0.25, 0.3) is 22.3 Å². The first kappa shape index (κ1) is 21.9. The number of aliphatic imine (C=N–C) groups is 1. The number of amidine groups is 1. The van der Waals surface area contributed by atoms with E-state index in [4.69, 9.17) is 14.7 Å². The second kappa shape index (κ2) is 7.47. The van der Waals surface area contributed by atoms with Crippen LogP contribution in [-0.4, -0.2) is 44.7 Å². The Labute approximate surface area is 201 Å². The van der Waals surface area contributed by atoms with Crippen LogP contribution in [0.5, 0.6) is 0 Å². The van der Waals surface area contributed by atoms with Gasteiger partial charge in [0.25, 0.3) is 5.56 Å². The summed E-state index contributed by atoms with van der Waals surface area (Å²) in [6.07, 6.45) is 0.0901. The van der Waals surface area contributed by atoms with Crippen LogP contribution >= 0.6 is 0 Å². The summed E-state index contributed by atoms with van der Waals surface area (Å²) in [7, 11) is 0. The zero-order valence-corrected chi connectivity index (χ0v) is 19.8. The number of hydrogen-bond donors (Lipinski definition) is 2. The molecule has 0 saturated carbocycles. The maximum absolute atomic E-state index is 13.6. The van der Waals surface area contributed by atoms with Gasteiger partial charge >= 0.3 is 5.97 Å². The van der Waals surface area contributed by atoms with Gasteiger partial charge in [0.15, 0.2) is 5.60 Å². The fourth-order valence-electron chi connectivity index (χ4n) is 5.49. The van der Waals surface area contributed by atoms with Crippen LogP contribution < -0.4 is 10.5 Å². The van der Waals surface area contributed by atoms with E-state index in [1.807, 2.05) is 23.1 Å². The number of rotatable bonds is 4. The molecule has 3 aliphatic heterocycles. The molecule has 1 atom stereocenters. The van der Waals surface area contributed by atoms with Crippen molar-refractivity contribution in [1.82, 2.24) is 9.55 Å². The summed E-state index contributed by atoms with van der Waals surface area (Å²) in [4.78, 5) is 37.7. The fourth-order valence-corrected chi connectivity index (χ4v) is 5.49. The fraction of sp³-hybridized carbons (Fsp3) is 0.385. The molecule has 6 rings (SSSR count). The van der Waals surface area contributed by atoms with E-state index in [0.717, 1.165) is 27.8 Å². The number of pyridine rings is 2. The number of fused-ring (bicyclic) bond motifs is 5. The molecule has 0 unspecified atom stereocenters. The number of hydrogen-bond acceptors (Lipinski definition) is 8. The Hall–Kier alpha value is -3.56. The highest BCUT2D eigenvalue weighted by atomic mass is 16.6. The minimum absolute atomic E-state index is 0.0901. The number of anilines is 1. The monoisotopic (exact) mass is 474 g/mol. The lowest BCUT2D eigenvalue weighted by Gasteiger charge is -2.33. The lowest BCUT2D eigenvalue weighted by molar-refractivity contribution is -0.172. The van der Waals surface area contributed by atoms with Crippen molar-refractivity contribution in [3.8, 4) is 11.4 Å². The van der Waals surface area contributed by atoms with E-state index in [1.165, 1.54) is 0 Å². The van der Waals surface area contributed by atoms with Crippen LogP contribution in [0.1, 0.15) is 43.9 Å². The van der Waals surface area contributed by atoms with Gasteiger partial charge in [0.2, 0.25) is 0 Å². The van der Waals surface area contributed by atoms with Gasteiger partial charge in [-0.2, -0.15) is 0 Å². The standard InChI is InChI=1S/C26H26N4O5/c1-4-26(34)16-8-19-22-14(10-29(19)24(32)15(16)12-35-25(26)33)23-21-17(6-5-7-18(21)28-22)27-20(11-31)30(23)9-13(2)3/h5-8,13,31,34H,4,9-12H2,1-3H3/t26-/m0/s1. The lowest BCUT2D eigenvalue weighted by Crippen LogP contribution is -2.44. The van der Waals surface area contributed by atoms with Crippen molar-refractivity contribution in [2.75, 3.05) is 18.1 Å². The third kappa shape index (κ3) is 2.88. The molecule has 0 radical (unpaired) electrons. The Kier molecular flexibility index (Phi) is 4.68. The zero-order valence-electron chi connectivity index (χ0n) is 19.8. The smallest absolute Gasteiger partial charge is 0.343 e. The third-order valence-electron chi connectivity index (χ3n) is 7.18. The molecule has 2 aromatic heterocycles. The zero-order chi connectivity index (χ0) is 24.6. The molecule has 3 aliphatic rings. The van der Waals surface area contributed by atoms with Crippen LogP contribution in [-0.2, 0) is 28.3 Å². The molecule has 0 fully saturated rings. The molecule has 3 aromatic rings. The Morgan fingerprint density at radius 2 is 2.03 bits per heavy atom. The summed E-state index contributed by atoms with van der Waals surface area (Å²) < 4.78 is 6.82. The molecular weight excluding hydrogens is 448 g/mol. The molecule has 9 heteroatoms. The average molecular weight is 475 g/mol. The van der Waals surface area contributed by atoms with Crippen molar-refractivity contribution in [3.63, 3.8) is 0 Å². The molecule has 35 heavy (non-hydrogen) atoms. The molecule has 180 valence electrons. The maximum Gasteiger partial charge on any atom is 0.343 e. The molecule has 0 spiro atoms. The predicted octanol–water partition coefficient (Wildman–Crippen LogP) is 2.58. The van der Waals surface area contributed by atoms with E-state index < -0.39 is 11.6 Å². The molecule has 0 amide bonds. The summed E-state index contributed by atoms with van der Waals surface area (Å²) in [5, 5.41) is 22.2. The number of carbonyl (C=O) groups excluding carboxylic acids is 1. The predicted molar refractivity (Wildman–Crippen MR) is 131 cm³/mol. The van der Waals surface area contributed by atoms with Gasteiger partial charge in [-0.05, 0) is 30.5 Å². The summed E-state index contributed by atoms with van der Waals surface area (Å²) >= 11 is 0. The highest BCUT2D eigenvalue weighted by Gasteiger charge is 2.45. The van der Waals surface area contributed by atoms with Crippen LogP contribution in [0.3, 0.4) is 0 Å². The summed E-state index contributed by atoms with van der Waals surface area (Å²) in [6.45, 7) is 6.43. The van der Waals surface area contributed by atoms with Crippen molar-refractivity contribution in [2.24, 2.45) is 10.9 Å². The van der Waals surface area contributed by atoms with Gasteiger partial charge in [0.05, 0.1) is 45.8 Å². The number of cyclic esters (lactones) is 1. The minimum Gasteiger partial charge on any atom is -0.458 e. The van der Waals surface area contributed by atoms with E-state index >= 15 is 0 Å². The molecule has 0 bridgehead atoms. The van der Waals surface area contributed by atoms with Gasteiger partial charge in [-0.15, -0.1) is 0 Å². The number of aromatic nitrogens is 2. The molecule has 1 aromatic carbocycles. The second-order valence-corrected chi connectivity index (χ2v) is 9.75. The Morgan fingerprint density at radius 1 is 1.23 bits per heavy atom. The Balaban J connectivity index is 1.66. The van der Waals surface area contributed by atoms with Crippen LogP contribution in [0.4, 0.5) is 11.4 Å². The summed E-state index contributed by atoms with van der Waals surface area (Å²) in [6, 6.07) is 7.41. The first-order valence-electron chi connectivity index (χ1n) is 11.9. The van der Waals surface area contributed by atoms with Crippen molar-refractivity contribution in [2.45, 2.75) is 45.9 Å². The van der Waals surface area contributed by atoms with Gasteiger partial charge < -0.3 is 24.4 Å². The first-order chi connectivity index (χ1) is 16.8. The summed E-state index contributed by atoms with van der Waals surface area (Å²) in [5.74, 6) is 0.0969. The number of nitrogens with zero attached hydrogens (tertiary/aromatic N) is 4. The highest BCUT2D eigenvalue weighted by Crippen LogP contribution is 2.47. The highest BCUT2D eigenvalue weighted by molar-refractivity contribution is 6.16. The van der Waals surface area contributed by atoms with E-state index in [2.05, 4.69) is 13.8 Å². The number of benzene rings is 1. The van der Waals surface area contributed by atoms with Crippen LogP contribution in [0.2, 0.25) is 0 Å². The van der Waals surface area contributed by atoms with Crippen LogP contribution in [0, 0.1) is 5.92 Å². The molecule has 9 nitrogen and oxygen atoms in total. The van der Waals surface area contributed by atoms with Crippen molar-refractivity contribution in [3.05, 3.63) is 51.3 Å². The van der Waals surface area contributed by atoms with E-state index in [-0.39, 0.29) is 37.7 Å². The maximum atomic E-state index is 13.6. The van der Waals surface area contributed by atoms with Gasteiger partial charge in [0, 0.05) is 17.7 Å². The van der Waals surface area contributed by atoms with E-state index in [0.29, 0.717) is 34.9 Å². The SMILES string of the molecule is CC[C@@]1(O)C(=O)OCc2c1cc1n(c2=O)Cc2c-1nc1cccc3c1c2N(CC(C)C)C(CO)=N3. The summed E-state index contributed by atoms with van der Waals surface area (Å²) in [5.41, 5.74) is 2.83. The lowest BCUT2D eigenvalue weighted by atomic mass is 9.86. The van der Waals surface area contributed by atoms with Crippen molar-refractivity contribution >= 4 is 34.1 Å². The molecule has 0 aliphatic carbocycles. The van der Waals surface area contributed by atoms with Gasteiger partial charge in [-0.3, -0.25) is 4.79 Å². The van der Waals surface area contributed by atoms with Gasteiger partial charge in [-0.25, -0.2) is 14.8 Å². The Morgan fingerprint density at radius 3 is 2.74 bits per heavy atom. The minimum atomic E-state index is -1.87. The number of carbonyl (C=O) groups is 1. The largest absolute Gasteiger partial charge is 0.458 e.